The molecule has 1 fully saturated rings. The quantitative estimate of drug-likeness (QED) is 0.906. The first-order valence-corrected chi connectivity index (χ1v) is 8.12. The Balaban J connectivity index is 1.65. The Hall–Kier alpha value is -0.810. The lowest BCUT2D eigenvalue weighted by molar-refractivity contribution is 0.0909. The van der Waals surface area contributed by atoms with E-state index in [1.807, 2.05) is 6.07 Å². The van der Waals surface area contributed by atoms with Gasteiger partial charge in [-0.3, -0.25) is 0 Å². The highest BCUT2D eigenvalue weighted by molar-refractivity contribution is 6.38. The summed E-state index contributed by atoms with van der Waals surface area (Å²) in [6.07, 6.45) is 5.46. The average Bonchev–Trinajstić information content (AvgIpc) is 2.84. The van der Waals surface area contributed by atoms with E-state index in [-0.39, 0.29) is 12.1 Å². The molecule has 0 radical (unpaired) electrons. The third kappa shape index (κ3) is 3.34. The Labute approximate surface area is 134 Å². The molecule has 3 rings (SSSR count). The van der Waals surface area contributed by atoms with Crippen LogP contribution in [0, 0.1) is 0 Å². The minimum absolute atomic E-state index is 0.207. The Bertz CT molecular complexity index is 629. The van der Waals surface area contributed by atoms with E-state index >= 15 is 0 Å². The first-order chi connectivity index (χ1) is 10.1. The molecule has 6 heteroatoms. The van der Waals surface area contributed by atoms with Crippen LogP contribution in [0.3, 0.4) is 0 Å². The number of nitrogens with one attached hydrogen (secondary N) is 1. The first kappa shape index (κ1) is 15.1. The van der Waals surface area contributed by atoms with Crippen molar-refractivity contribution in [2.45, 2.75) is 44.4 Å². The lowest BCUT2D eigenvalue weighted by Gasteiger charge is -2.29. The average molecular weight is 328 g/mol. The number of aryl methyl sites for hydroxylation is 1. The molecule has 0 aliphatic carbocycles. The maximum atomic E-state index is 9.96. The fourth-order valence-electron chi connectivity index (χ4n) is 3.01. The molecular weight excluding hydrogens is 309 g/mol. The number of nitrogens with zero attached hydrogens (tertiary/aromatic N) is 2. The standard InChI is InChI=1S/C15H19Cl2N3O/c16-10-7-11(17)15-13(8-10)19-9-20(15)6-2-3-12-14(21)4-1-5-18-12/h7-9,12,14,18,21H,1-6H2/t12-,14+/m1/s1. The predicted molar refractivity (Wildman–Crippen MR) is 86.0 cm³/mol. The van der Waals surface area contributed by atoms with Crippen molar-refractivity contribution >= 4 is 34.2 Å². The van der Waals surface area contributed by atoms with Crippen LogP contribution in [-0.2, 0) is 6.54 Å². The Kier molecular flexibility index (Phi) is 4.69. The van der Waals surface area contributed by atoms with E-state index < -0.39 is 0 Å². The highest BCUT2D eigenvalue weighted by atomic mass is 35.5. The number of halogens is 2. The molecule has 21 heavy (non-hydrogen) atoms. The number of hydrogen-bond donors (Lipinski definition) is 2. The molecule has 2 heterocycles. The third-order valence-electron chi connectivity index (χ3n) is 4.09. The van der Waals surface area contributed by atoms with Gasteiger partial charge < -0.3 is 15.0 Å². The van der Waals surface area contributed by atoms with Gasteiger partial charge in [0.25, 0.3) is 0 Å². The maximum Gasteiger partial charge on any atom is 0.0958 e. The molecule has 2 aromatic rings. The van der Waals surface area contributed by atoms with Gasteiger partial charge in [0, 0.05) is 17.6 Å². The van der Waals surface area contributed by atoms with E-state index in [0.29, 0.717) is 10.0 Å². The Morgan fingerprint density at radius 3 is 3.05 bits per heavy atom. The molecule has 1 aromatic carbocycles. The molecule has 2 N–H and O–H groups in total. The summed E-state index contributed by atoms with van der Waals surface area (Å²) in [5.74, 6) is 0. The number of aliphatic hydroxyl groups is 1. The van der Waals surface area contributed by atoms with Gasteiger partial charge in [0.2, 0.25) is 0 Å². The lowest BCUT2D eigenvalue weighted by Crippen LogP contribution is -2.44. The maximum absolute atomic E-state index is 9.96. The van der Waals surface area contributed by atoms with E-state index in [0.717, 1.165) is 49.8 Å². The van der Waals surface area contributed by atoms with Crippen LogP contribution >= 0.6 is 23.2 Å². The summed E-state index contributed by atoms with van der Waals surface area (Å²) < 4.78 is 2.06. The molecule has 4 nitrogen and oxygen atoms in total. The molecule has 1 saturated heterocycles. The number of hydrogen-bond acceptors (Lipinski definition) is 3. The summed E-state index contributed by atoms with van der Waals surface area (Å²) in [6, 6.07) is 3.78. The second-order valence-electron chi connectivity index (χ2n) is 5.61. The molecule has 2 atom stereocenters. The van der Waals surface area contributed by atoms with Crippen LogP contribution in [0.4, 0.5) is 0 Å². The zero-order chi connectivity index (χ0) is 14.8. The second kappa shape index (κ2) is 6.53. The molecule has 114 valence electrons. The van der Waals surface area contributed by atoms with E-state index in [1.165, 1.54) is 0 Å². The van der Waals surface area contributed by atoms with Gasteiger partial charge in [0.15, 0.2) is 0 Å². The van der Waals surface area contributed by atoms with Crippen LogP contribution in [0.15, 0.2) is 18.5 Å². The Morgan fingerprint density at radius 2 is 2.24 bits per heavy atom. The van der Waals surface area contributed by atoms with E-state index in [9.17, 15) is 5.11 Å². The van der Waals surface area contributed by atoms with Crippen molar-refractivity contribution < 1.29 is 5.11 Å². The lowest BCUT2D eigenvalue weighted by atomic mass is 9.97. The summed E-state index contributed by atoms with van der Waals surface area (Å²) in [5.41, 5.74) is 1.75. The smallest absolute Gasteiger partial charge is 0.0958 e. The van der Waals surface area contributed by atoms with Gasteiger partial charge in [-0.1, -0.05) is 23.2 Å². The van der Waals surface area contributed by atoms with Crippen LogP contribution < -0.4 is 5.32 Å². The minimum atomic E-state index is -0.222. The van der Waals surface area contributed by atoms with Gasteiger partial charge in [0.05, 0.1) is 28.5 Å². The largest absolute Gasteiger partial charge is 0.392 e. The fraction of sp³-hybridized carbons (Fsp3) is 0.533. The number of aromatic nitrogens is 2. The summed E-state index contributed by atoms with van der Waals surface area (Å²) >= 11 is 12.2. The number of imidazole rings is 1. The minimum Gasteiger partial charge on any atom is -0.392 e. The van der Waals surface area contributed by atoms with Crippen molar-refractivity contribution in [2.24, 2.45) is 0 Å². The van der Waals surface area contributed by atoms with Crippen molar-refractivity contribution in [3.63, 3.8) is 0 Å². The van der Waals surface area contributed by atoms with Gasteiger partial charge in [0.1, 0.15) is 0 Å². The number of aliphatic hydroxyl groups excluding tert-OH is 1. The highest BCUT2D eigenvalue weighted by Gasteiger charge is 2.21. The molecular formula is C15H19Cl2N3O. The summed E-state index contributed by atoms with van der Waals surface area (Å²) in [7, 11) is 0. The van der Waals surface area contributed by atoms with Gasteiger partial charge in [-0.05, 0) is 44.4 Å². The van der Waals surface area contributed by atoms with Crippen LogP contribution in [0.5, 0.6) is 0 Å². The summed E-state index contributed by atoms with van der Waals surface area (Å²) in [4.78, 5) is 4.35. The number of benzene rings is 1. The zero-order valence-electron chi connectivity index (χ0n) is 11.7. The molecule has 0 saturated carbocycles. The van der Waals surface area contributed by atoms with Crippen molar-refractivity contribution in [3.05, 3.63) is 28.5 Å². The van der Waals surface area contributed by atoms with Crippen molar-refractivity contribution in [1.82, 2.24) is 14.9 Å². The predicted octanol–water partition coefficient (Wildman–Crippen LogP) is 3.24. The molecule has 1 aromatic heterocycles. The van der Waals surface area contributed by atoms with E-state index in [1.54, 1.807) is 12.4 Å². The van der Waals surface area contributed by atoms with Crippen molar-refractivity contribution in [2.75, 3.05) is 6.54 Å². The van der Waals surface area contributed by atoms with Crippen LogP contribution in [0.1, 0.15) is 25.7 Å². The van der Waals surface area contributed by atoms with Gasteiger partial charge >= 0.3 is 0 Å². The molecule has 0 amide bonds. The third-order valence-corrected chi connectivity index (χ3v) is 4.60. The molecule has 0 unspecified atom stereocenters. The van der Waals surface area contributed by atoms with Crippen LogP contribution in [-0.4, -0.2) is 33.3 Å². The number of fused-ring (bicyclic) bond motifs is 1. The normalized spacial score (nSPS) is 22.8. The van der Waals surface area contributed by atoms with Crippen molar-refractivity contribution in [1.29, 1.82) is 0 Å². The van der Waals surface area contributed by atoms with Crippen LogP contribution in [0.2, 0.25) is 10.0 Å². The molecule has 1 aliphatic rings. The van der Waals surface area contributed by atoms with E-state index in [2.05, 4.69) is 14.9 Å². The van der Waals surface area contributed by atoms with Gasteiger partial charge in [-0.15, -0.1) is 0 Å². The molecule has 0 bridgehead atoms. The fourth-order valence-corrected chi connectivity index (χ4v) is 3.60. The van der Waals surface area contributed by atoms with Crippen molar-refractivity contribution in [3.8, 4) is 0 Å². The summed E-state index contributed by atoms with van der Waals surface area (Å²) in [6.45, 7) is 1.84. The van der Waals surface area contributed by atoms with Crippen LogP contribution in [0.25, 0.3) is 11.0 Å². The SMILES string of the molecule is O[C@H]1CCCN[C@@H]1CCCn1cnc2cc(Cl)cc(Cl)c21. The van der Waals surface area contributed by atoms with Gasteiger partial charge in [-0.2, -0.15) is 0 Å². The Morgan fingerprint density at radius 1 is 1.38 bits per heavy atom. The number of piperidine rings is 1. The molecule has 0 spiro atoms. The summed E-state index contributed by atoms with van der Waals surface area (Å²) in [5, 5.41) is 14.6. The second-order valence-corrected chi connectivity index (χ2v) is 6.45. The monoisotopic (exact) mass is 327 g/mol. The topological polar surface area (TPSA) is 50.1 Å². The van der Waals surface area contributed by atoms with Gasteiger partial charge in [-0.25, -0.2) is 4.98 Å². The van der Waals surface area contributed by atoms with E-state index in [4.69, 9.17) is 23.2 Å². The molecule has 1 aliphatic heterocycles. The zero-order valence-corrected chi connectivity index (χ0v) is 13.2. The number of rotatable bonds is 4. The highest BCUT2D eigenvalue weighted by Crippen LogP contribution is 2.27. The first-order valence-electron chi connectivity index (χ1n) is 7.36.